The predicted octanol–water partition coefficient (Wildman–Crippen LogP) is 5.61. The fourth-order valence-corrected chi connectivity index (χ4v) is 10.2. The molecule has 7 atom stereocenters. The molecule has 3 fully saturated rings. The fraction of sp³-hybridized carbons (Fsp3) is 0.500. The summed E-state index contributed by atoms with van der Waals surface area (Å²) in [7, 11) is 0. The van der Waals surface area contributed by atoms with E-state index in [4.69, 9.17) is 9.15 Å². The van der Waals surface area contributed by atoms with Crippen LogP contribution in [0.15, 0.2) is 59.0 Å². The van der Waals surface area contributed by atoms with E-state index >= 15 is 0 Å². The molecule has 2 heterocycles. The highest BCUT2D eigenvalue weighted by Gasteiger charge is 2.70. The van der Waals surface area contributed by atoms with Crippen molar-refractivity contribution >= 4 is 28.9 Å². The van der Waals surface area contributed by atoms with E-state index < -0.39 is 23.1 Å². The van der Waals surface area contributed by atoms with Gasteiger partial charge in [-0.05, 0) is 104 Å². The van der Waals surface area contributed by atoms with E-state index in [0.717, 1.165) is 48.0 Å². The van der Waals surface area contributed by atoms with Gasteiger partial charge >= 0.3 is 5.97 Å². The minimum atomic E-state index is -1.43. The largest absolute Gasteiger partial charge is 0.472 e. The number of furan rings is 1. The van der Waals surface area contributed by atoms with Crippen LogP contribution in [-0.2, 0) is 16.0 Å². The number of benzene rings is 1. The average Bonchev–Trinajstić information content (AvgIpc) is 3.73. The summed E-state index contributed by atoms with van der Waals surface area (Å²) in [6, 6.07) is 7.84. The van der Waals surface area contributed by atoms with Crippen molar-refractivity contribution in [1.82, 2.24) is 9.78 Å². The van der Waals surface area contributed by atoms with Crippen molar-refractivity contribution in [2.75, 3.05) is 12.4 Å². The molecule has 2 aromatic heterocycles. The van der Waals surface area contributed by atoms with Crippen molar-refractivity contribution in [3.63, 3.8) is 0 Å². The highest BCUT2D eigenvalue weighted by atomic mass is 32.2. The minimum Gasteiger partial charge on any atom is -0.472 e. The third-order valence-electron chi connectivity index (χ3n) is 11.3. The van der Waals surface area contributed by atoms with Gasteiger partial charge in [0.2, 0.25) is 5.12 Å². The van der Waals surface area contributed by atoms with E-state index in [1.165, 1.54) is 36.3 Å². The highest BCUT2D eigenvalue weighted by Crippen LogP contribution is 2.69. The summed E-state index contributed by atoms with van der Waals surface area (Å²) >= 11 is 0.997. The van der Waals surface area contributed by atoms with Gasteiger partial charge in [-0.3, -0.25) is 4.79 Å². The Bertz CT molecular complexity index is 1620. The first-order chi connectivity index (χ1) is 21.1. The number of carbonyl (C=O) groups excluding carboxylic acids is 2. The molecule has 0 aliphatic heterocycles. The molecule has 7 rings (SSSR count). The quantitative estimate of drug-likeness (QED) is 0.342. The van der Waals surface area contributed by atoms with Crippen molar-refractivity contribution in [3.8, 4) is 5.69 Å². The summed E-state index contributed by atoms with van der Waals surface area (Å²) < 4.78 is 26.8. The number of ether oxygens (including phenoxy) is 1. The number of nitrogens with zero attached hydrogens (tertiary/aromatic N) is 2. The monoisotopic (exact) mass is 620 g/mol. The molecule has 3 aromatic rings. The molecule has 3 saturated carbocycles. The zero-order chi connectivity index (χ0) is 30.9. The lowest BCUT2D eigenvalue weighted by Crippen LogP contribution is -2.62. The number of aliphatic hydroxyl groups is 2. The number of aliphatic hydroxyl groups excluding tert-OH is 2. The van der Waals surface area contributed by atoms with Crippen LogP contribution in [-0.4, -0.2) is 55.1 Å². The number of halogens is 1. The maximum Gasteiger partial charge on any atom is 0.342 e. The van der Waals surface area contributed by atoms with Crippen molar-refractivity contribution in [1.29, 1.82) is 0 Å². The van der Waals surface area contributed by atoms with E-state index in [1.807, 2.05) is 17.8 Å². The first-order valence-electron chi connectivity index (χ1n) is 15.4. The Morgan fingerprint density at radius 2 is 2.00 bits per heavy atom. The van der Waals surface area contributed by atoms with Crippen molar-refractivity contribution in [3.05, 3.63) is 77.3 Å². The number of fused-ring (bicyclic) bond motifs is 6. The molecule has 232 valence electrons. The van der Waals surface area contributed by atoms with E-state index in [-0.39, 0.29) is 52.0 Å². The smallest absolute Gasteiger partial charge is 0.342 e. The molecular formula is C34H37FN2O6S. The van der Waals surface area contributed by atoms with Gasteiger partial charge in [0.1, 0.15) is 12.1 Å². The maximum absolute atomic E-state index is 14.0. The topological polar surface area (TPSA) is 115 Å². The van der Waals surface area contributed by atoms with Crippen LogP contribution in [0.1, 0.15) is 67.6 Å². The molecule has 2 N–H and O–H groups in total. The summed E-state index contributed by atoms with van der Waals surface area (Å²) in [4.78, 5) is 27.3. The Balaban J connectivity index is 1.22. The number of hydrogen-bond donors (Lipinski definition) is 2. The van der Waals surface area contributed by atoms with Crippen LogP contribution in [0.2, 0.25) is 0 Å². The Labute approximate surface area is 259 Å². The summed E-state index contributed by atoms with van der Waals surface area (Å²) in [6.45, 7) is 4.11. The molecular weight excluding hydrogens is 583 g/mol. The first kappa shape index (κ1) is 29.5. The Morgan fingerprint density at radius 3 is 2.73 bits per heavy atom. The molecule has 1 aromatic carbocycles. The molecule has 0 amide bonds. The molecule has 0 unspecified atom stereocenters. The first-order valence-corrected chi connectivity index (χ1v) is 16.4. The van der Waals surface area contributed by atoms with E-state index in [2.05, 4.69) is 18.1 Å². The van der Waals surface area contributed by atoms with E-state index in [0.29, 0.717) is 19.3 Å². The minimum absolute atomic E-state index is 0.0385. The van der Waals surface area contributed by atoms with E-state index in [9.17, 15) is 24.2 Å². The molecule has 4 aliphatic rings. The van der Waals surface area contributed by atoms with Crippen LogP contribution in [0.5, 0.6) is 0 Å². The van der Waals surface area contributed by atoms with Crippen LogP contribution >= 0.6 is 11.8 Å². The number of aromatic nitrogens is 2. The van der Waals surface area contributed by atoms with Crippen LogP contribution < -0.4 is 0 Å². The highest BCUT2D eigenvalue weighted by molar-refractivity contribution is 8.13. The number of rotatable bonds is 6. The van der Waals surface area contributed by atoms with Gasteiger partial charge in [-0.15, -0.1) is 0 Å². The van der Waals surface area contributed by atoms with Gasteiger partial charge in [0.05, 0.1) is 42.1 Å². The number of allylic oxidation sites excluding steroid dienone is 1. The van der Waals surface area contributed by atoms with Crippen LogP contribution in [0.3, 0.4) is 0 Å². The zero-order valence-electron chi connectivity index (χ0n) is 24.9. The van der Waals surface area contributed by atoms with Gasteiger partial charge in [0.15, 0.2) is 5.60 Å². The third-order valence-corrected chi connectivity index (χ3v) is 12.3. The summed E-state index contributed by atoms with van der Waals surface area (Å²) in [6.07, 6.45) is 9.92. The van der Waals surface area contributed by atoms with Crippen molar-refractivity contribution in [2.45, 2.75) is 64.1 Å². The number of thioether (sulfide) groups is 1. The molecule has 8 nitrogen and oxygen atoms in total. The van der Waals surface area contributed by atoms with Crippen LogP contribution in [0, 0.1) is 34.4 Å². The maximum atomic E-state index is 14.0. The standard InChI is InChI=1S/C34H37FN2O6S/c1-32-16-21-18-36-37(24-6-4-23(35)5-7-24)27(21)15-22(32)3-8-25-26-9-11-34(31(41)44-14-12-38,33(26,2)17-28(39)29(25)32)43-30(40)20-10-13-42-19-20/h4-7,10,13,15,18-19,25-26,28-29,38-39H,3,8-9,11-12,14,16-17H2,1-2H3/t25-,26-,28-,29+,32-,33-,34-/m0/s1. The number of hydrogen-bond acceptors (Lipinski definition) is 8. The van der Waals surface area contributed by atoms with Gasteiger partial charge < -0.3 is 19.4 Å². The number of esters is 1. The normalized spacial score (nSPS) is 33.9. The van der Waals surface area contributed by atoms with Crippen LogP contribution in [0.25, 0.3) is 11.8 Å². The lowest BCUT2D eigenvalue weighted by molar-refractivity contribution is -0.174. The summed E-state index contributed by atoms with van der Waals surface area (Å²) in [5, 5.41) is 26.0. The van der Waals surface area contributed by atoms with Crippen LogP contribution in [0.4, 0.5) is 4.39 Å². The lowest BCUT2D eigenvalue weighted by atomic mass is 9.45. The third kappa shape index (κ3) is 4.28. The van der Waals surface area contributed by atoms with Crippen molar-refractivity contribution in [2.24, 2.45) is 28.6 Å². The van der Waals surface area contributed by atoms with Gasteiger partial charge in [-0.25, -0.2) is 13.9 Å². The fourth-order valence-electron chi connectivity index (χ4n) is 9.36. The van der Waals surface area contributed by atoms with Gasteiger partial charge in [-0.1, -0.05) is 31.2 Å². The Morgan fingerprint density at radius 1 is 1.20 bits per heavy atom. The second-order valence-corrected chi connectivity index (χ2v) is 14.4. The number of carbonyl (C=O) groups is 2. The molecule has 0 saturated heterocycles. The summed E-state index contributed by atoms with van der Waals surface area (Å²) in [5.41, 5.74) is 1.89. The van der Waals surface area contributed by atoms with E-state index in [1.54, 1.807) is 12.1 Å². The second kappa shape index (κ2) is 10.7. The molecule has 0 spiro atoms. The van der Waals surface area contributed by atoms with Gasteiger partial charge in [0, 0.05) is 11.2 Å². The Hall–Kier alpha value is -3.21. The van der Waals surface area contributed by atoms with Gasteiger partial charge in [0.25, 0.3) is 0 Å². The zero-order valence-corrected chi connectivity index (χ0v) is 25.7. The van der Waals surface area contributed by atoms with Crippen molar-refractivity contribution < 1.29 is 33.3 Å². The average molecular weight is 621 g/mol. The predicted molar refractivity (Wildman–Crippen MR) is 162 cm³/mol. The lowest BCUT2D eigenvalue weighted by Gasteiger charge is -2.60. The molecule has 0 bridgehead atoms. The van der Waals surface area contributed by atoms with Gasteiger partial charge in [-0.2, -0.15) is 5.10 Å². The Kier molecular flexibility index (Phi) is 7.18. The SMILES string of the molecule is C[C@]12Cc3cnn(-c4ccc(F)cc4)c3C=C1CC[C@@H]1[C@@H]2[C@@H](O)C[C@@]2(C)[C@H]1CC[C@]2(OC(=O)c1ccoc1)C(=O)SCCO. The summed E-state index contributed by atoms with van der Waals surface area (Å²) in [5.74, 6) is -0.548. The molecule has 44 heavy (non-hydrogen) atoms. The second-order valence-electron chi connectivity index (χ2n) is 13.4. The molecule has 4 aliphatic carbocycles. The molecule has 10 heteroatoms. The molecule has 0 radical (unpaired) electrons.